The van der Waals surface area contributed by atoms with Crippen LogP contribution in [0.3, 0.4) is 0 Å². The molecule has 0 bridgehead atoms. The second-order valence-corrected chi connectivity index (χ2v) is 7.86. The van der Waals surface area contributed by atoms with Gasteiger partial charge in [0, 0.05) is 34.1 Å². The molecule has 6 aromatic rings. The van der Waals surface area contributed by atoms with E-state index in [1.54, 1.807) is 18.5 Å². The summed E-state index contributed by atoms with van der Waals surface area (Å²) in [6, 6.07) is 27.5. The van der Waals surface area contributed by atoms with Crippen molar-refractivity contribution < 1.29 is 9.90 Å². The van der Waals surface area contributed by atoms with Crippen LogP contribution in [0.4, 0.5) is 0 Å². The predicted octanol–water partition coefficient (Wildman–Crippen LogP) is 6.36. The van der Waals surface area contributed by atoms with Crippen LogP contribution >= 0.6 is 0 Å². The molecule has 0 aliphatic rings. The Bertz CT molecular complexity index is 1710. The maximum atomic E-state index is 11.6. The molecular formula is C28H17N3O2. The zero-order chi connectivity index (χ0) is 22.4. The third kappa shape index (κ3) is 3.18. The minimum Gasteiger partial charge on any atom is -0.478 e. The van der Waals surface area contributed by atoms with Crippen LogP contribution in [0.2, 0.25) is 0 Å². The van der Waals surface area contributed by atoms with E-state index in [0.29, 0.717) is 5.52 Å². The van der Waals surface area contributed by atoms with E-state index < -0.39 is 5.97 Å². The molecule has 0 aliphatic heterocycles. The molecular weight excluding hydrogens is 410 g/mol. The lowest BCUT2D eigenvalue weighted by Crippen LogP contribution is -1.99. The van der Waals surface area contributed by atoms with Crippen molar-refractivity contribution in [2.45, 2.75) is 0 Å². The first-order chi connectivity index (χ1) is 16.2. The number of nitrogens with zero attached hydrogens (tertiary/aromatic N) is 3. The van der Waals surface area contributed by atoms with Crippen LogP contribution in [0, 0.1) is 0 Å². The Kier molecular flexibility index (Phi) is 4.33. The molecule has 0 radical (unpaired) electrons. The van der Waals surface area contributed by atoms with Crippen LogP contribution in [0.15, 0.2) is 97.3 Å². The molecule has 3 heterocycles. The Morgan fingerprint density at radius 1 is 0.667 bits per heavy atom. The maximum absolute atomic E-state index is 11.6. The van der Waals surface area contributed by atoms with E-state index in [1.165, 1.54) is 0 Å². The lowest BCUT2D eigenvalue weighted by atomic mass is 9.96. The molecule has 0 saturated carbocycles. The van der Waals surface area contributed by atoms with Gasteiger partial charge in [0.25, 0.3) is 0 Å². The third-order valence-electron chi connectivity index (χ3n) is 5.90. The van der Waals surface area contributed by atoms with Gasteiger partial charge in [-0.05, 0) is 41.5 Å². The van der Waals surface area contributed by atoms with Crippen molar-refractivity contribution in [1.29, 1.82) is 0 Å². The summed E-state index contributed by atoms with van der Waals surface area (Å²) in [6.45, 7) is 0. The minimum atomic E-state index is -0.986. The normalized spacial score (nSPS) is 11.3. The topological polar surface area (TPSA) is 76.0 Å². The number of fused-ring (bicyclic) bond motifs is 4. The van der Waals surface area contributed by atoms with Crippen molar-refractivity contribution in [1.82, 2.24) is 15.0 Å². The van der Waals surface area contributed by atoms with Crippen LogP contribution in [0.25, 0.3) is 55.1 Å². The first-order valence-corrected chi connectivity index (χ1v) is 10.6. The van der Waals surface area contributed by atoms with Gasteiger partial charge in [-0.3, -0.25) is 9.97 Å². The summed E-state index contributed by atoms with van der Waals surface area (Å²) >= 11 is 0. The summed E-state index contributed by atoms with van der Waals surface area (Å²) < 4.78 is 0. The zero-order valence-corrected chi connectivity index (χ0v) is 17.4. The average molecular weight is 427 g/mol. The predicted molar refractivity (Wildman–Crippen MR) is 130 cm³/mol. The van der Waals surface area contributed by atoms with E-state index in [0.717, 1.165) is 49.6 Å². The fourth-order valence-corrected chi connectivity index (χ4v) is 4.33. The lowest BCUT2D eigenvalue weighted by Gasteiger charge is -2.11. The smallest absolute Gasteiger partial charge is 0.337 e. The summed E-state index contributed by atoms with van der Waals surface area (Å²) in [4.78, 5) is 25.5. The van der Waals surface area contributed by atoms with Crippen LogP contribution in [0.1, 0.15) is 10.4 Å². The maximum Gasteiger partial charge on any atom is 0.337 e. The number of aromatic nitrogens is 3. The van der Waals surface area contributed by atoms with Crippen molar-refractivity contribution >= 4 is 38.7 Å². The molecule has 33 heavy (non-hydrogen) atoms. The van der Waals surface area contributed by atoms with Gasteiger partial charge in [-0.1, -0.05) is 54.6 Å². The first-order valence-electron chi connectivity index (χ1n) is 10.6. The molecule has 6 rings (SSSR count). The summed E-state index contributed by atoms with van der Waals surface area (Å²) in [7, 11) is 0. The van der Waals surface area contributed by atoms with Crippen molar-refractivity contribution in [2.24, 2.45) is 0 Å². The molecule has 0 fully saturated rings. The molecule has 0 spiro atoms. The van der Waals surface area contributed by atoms with Crippen LogP contribution < -0.4 is 0 Å². The molecule has 5 heteroatoms. The van der Waals surface area contributed by atoms with E-state index >= 15 is 0 Å². The molecule has 3 aromatic heterocycles. The van der Waals surface area contributed by atoms with Crippen LogP contribution in [0.5, 0.6) is 0 Å². The monoisotopic (exact) mass is 427 g/mol. The highest BCUT2D eigenvalue weighted by Crippen LogP contribution is 2.33. The summed E-state index contributed by atoms with van der Waals surface area (Å²) in [5.41, 5.74) is 6.16. The number of carbonyl (C=O) groups is 1. The molecule has 156 valence electrons. The van der Waals surface area contributed by atoms with Gasteiger partial charge in [0.2, 0.25) is 0 Å². The molecule has 1 N–H and O–H groups in total. The Morgan fingerprint density at radius 3 is 2.24 bits per heavy atom. The molecule has 0 aliphatic carbocycles. The van der Waals surface area contributed by atoms with Gasteiger partial charge in [0.15, 0.2) is 0 Å². The van der Waals surface area contributed by atoms with E-state index in [9.17, 15) is 9.90 Å². The van der Waals surface area contributed by atoms with Crippen LogP contribution in [-0.2, 0) is 0 Å². The summed E-state index contributed by atoms with van der Waals surface area (Å²) in [6.07, 6.45) is 3.41. The van der Waals surface area contributed by atoms with Crippen LogP contribution in [-0.4, -0.2) is 26.0 Å². The highest BCUT2D eigenvalue weighted by molar-refractivity contribution is 6.07. The average Bonchev–Trinajstić information content (AvgIpc) is 2.87. The van der Waals surface area contributed by atoms with Gasteiger partial charge in [-0.15, -0.1) is 0 Å². The van der Waals surface area contributed by atoms with Gasteiger partial charge >= 0.3 is 5.97 Å². The second-order valence-electron chi connectivity index (χ2n) is 7.86. The lowest BCUT2D eigenvalue weighted by molar-refractivity contribution is 0.0699. The summed E-state index contributed by atoms with van der Waals surface area (Å²) in [5, 5.41) is 12.4. The Morgan fingerprint density at radius 2 is 1.39 bits per heavy atom. The van der Waals surface area contributed by atoms with E-state index in [2.05, 4.69) is 34.2 Å². The quantitative estimate of drug-likeness (QED) is 0.332. The number of carboxylic acids is 1. The molecule has 0 saturated heterocycles. The van der Waals surface area contributed by atoms with Gasteiger partial charge in [-0.25, -0.2) is 9.78 Å². The Hall–Kier alpha value is -4.64. The van der Waals surface area contributed by atoms with Crippen molar-refractivity contribution in [3.05, 3.63) is 103 Å². The molecule has 5 nitrogen and oxygen atoms in total. The minimum absolute atomic E-state index is 0.195. The van der Waals surface area contributed by atoms with E-state index in [-0.39, 0.29) is 5.56 Å². The highest BCUT2D eigenvalue weighted by Gasteiger charge is 2.14. The number of rotatable bonds is 3. The van der Waals surface area contributed by atoms with Gasteiger partial charge in [-0.2, -0.15) is 0 Å². The fourth-order valence-electron chi connectivity index (χ4n) is 4.33. The van der Waals surface area contributed by atoms with Crippen molar-refractivity contribution in [3.63, 3.8) is 0 Å². The molecule has 0 unspecified atom stereocenters. The number of carboxylic acid groups (broad SMARTS) is 1. The number of hydrogen-bond acceptors (Lipinski definition) is 4. The number of benzene rings is 3. The van der Waals surface area contributed by atoms with Gasteiger partial charge in [0.1, 0.15) is 0 Å². The number of hydrogen-bond donors (Lipinski definition) is 1. The largest absolute Gasteiger partial charge is 0.478 e. The molecule has 0 atom stereocenters. The second kappa shape index (κ2) is 7.50. The SMILES string of the molecule is O=C(O)c1ccc(-c2cccc(-c3ccc4ccc5cccnc5c4n3)c2)c2cccnc12. The number of pyridine rings is 3. The zero-order valence-electron chi connectivity index (χ0n) is 17.4. The van der Waals surface area contributed by atoms with E-state index in [4.69, 9.17) is 4.98 Å². The standard InChI is InChI=1S/C28H17N3O2/c32-28(33)23-12-11-21(22-7-3-15-30-27(22)23)19-4-1-5-20(16-19)24-13-10-18-9-8-17-6-2-14-29-25(17)26(18)31-24/h1-16H,(H,32,33). The van der Waals surface area contributed by atoms with Crippen molar-refractivity contribution in [2.75, 3.05) is 0 Å². The molecule has 0 amide bonds. The van der Waals surface area contributed by atoms with E-state index in [1.807, 2.05) is 54.6 Å². The summed E-state index contributed by atoms with van der Waals surface area (Å²) in [5.74, 6) is -0.986. The highest BCUT2D eigenvalue weighted by atomic mass is 16.4. The fraction of sp³-hybridized carbons (Fsp3) is 0. The van der Waals surface area contributed by atoms with Crippen molar-refractivity contribution in [3.8, 4) is 22.4 Å². The first kappa shape index (κ1) is 19.1. The number of aromatic carboxylic acids is 1. The third-order valence-corrected chi connectivity index (χ3v) is 5.90. The Balaban J connectivity index is 1.52. The molecule has 3 aromatic carbocycles. The van der Waals surface area contributed by atoms with Gasteiger partial charge in [0.05, 0.1) is 27.8 Å². The van der Waals surface area contributed by atoms with Gasteiger partial charge < -0.3 is 5.11 Å². The Labute approximate surface area is 189 Å².